The highest BCUT2D eigenvalue weighted by Gasteiger charge is 2.19. The van der Waals surface area contributed by atoms with E-state index in [0.29, 0.717) is 12.8 Å². The second-order valence-corrected chi connectivity index (χ2v) is 16.0. The summed E-state index contributed by atoms with van der Waals surface area (Å²) in [6.45, 7) is 6.37. The molecule has 0 bridgehead atoms. The van der Waals surface area contributed by atoms with Crippen LogP contribution in [0.1, 0.15) is 220 Å². The van der Waals surface area contributed by atoms with Crippen LogP contribution in [0.3, 0.4) is 0 Å². The van der Waals surface area contributed by atoms with Gasteiger partial charge in [-0.3, -0.25) is 14.4 Å². The molecule has 0 aromatic heterocycles. The van der Waals surface area contributed by atoms with Crippen molar-refractivity contribution in [3.8, 4) is 0 Å². The topological polar surface area (TPSA) is 78.9 Å². The number of carbonyl (C=O) groups is 3. The summed E-state index contributed by atoms with van der Waals surface area (Å²) in [5.74, 6) is -1.06. The van der Waals surface area contributed by atoms with Crippen LogP contribution >= 0.6 is 0 Å². The summed E-state index contributed by atoms with van der Waals surface area (Å²) in [6, 6.07) is 0. The second-order valence-electron chi connectivity index (χ2n) is 16.0. The highest BCUT2D eigenvalue weighted by atomic mass is 16.6. The molecular weight excluding hydrogens is 745 g/mol. The van der Waals surface area contributed by atoms with Crippen LogP contribution in [0.4, 0.5) is 0 Å². The second kappa shape index (κ2) is 48.3. The maximum atomic E-state index is 12.7. The molecule has 0 rings (SSSR count). The van der Waals surface area contributed by atoms with Crippen LogP contribution in [0.25, 0.3) is 0 Å². The Morgan fingerprint density at radius 2 is 0.700 bits per heavy atom. The Bertz CT molecular complexity index is 1190. The van der Waals surface area contributed by atoms with Crippen molar-refractivity contribution < 1.29 is 28.6 Å². The van der Waals surface area contributed by atoms with E-state index in [1.807, 2.05) is 6.08 Å². The first kappa shape index (κ1) is 56.6. The van der Waals surface area contributed by atoms with Crippen molar-refractivity contribution in [3.63, 3.8) is 0 Å². The average molecular weight is 835 g/mol. The summed E-state index contributed by atoms with van der Waals surface area (Å²) < 4.78 is 16.6. The normalized spacial score (nSPS) is 12.8. The molecule has 6 heteroatoms. The van der Waals surface area contributed by atoms with Gasteiger partial charge in [0.2, 0.25) is 0 Å². The lowest BCUT2D eigenvalue weighted by Gasteiger charge is -2.18. The molecule has 0 heterocycles. The van der Waals surface area contributed by atoms with Gasteiger partial charge < -0.3 is 14.2 Å². The molecule has 0 aliphatic rings. The van der Waals surface area contributed by atoms with E-state index in [-0.39, 0.29) is 31.6 Å². The summed E-state index contributed by atoms with van der Waals surface area (Å²) in [6.07, 6.45) is 61.7. The highest BCUT2D eigenvalue weighted by molar-refractivity contribution is 5.72. The zero-order valence-corrected chi connectivity index (χ0v) is 38.9. The number of unbranched alkanes of at least 4 members (excludes halogenated alkanes) is 19. The fourth-order valence-corrected chi connectivity index (χ4v) is 6.49. The van der Waals surface area contributed by atoms with Crippen LogP contribution in [0.5, 0.6) is 0 Å². The quantitative estimate of drug-likeness (QED) is 0.0263. The average Bonchev–Trinajstić information content (AvgIpc) is 3.24. The largest absolute Gasteiger partial charge is 0.462 e. The van der Waals surface area contributed by atoms with E-state index in [1.54, 1.807) is 6.08 Å². The van der Waals surface area contributed by atoms with Crippen LogP contribution in [0.2, 0.25) is 0 Å². The molecule has 0 saturated carbocycles. The Morgan fingerprint density at radius 1 is 0.367 bits per heavy atom. The fourth-order valence-electron chi connectivity index (χ4n) is 6.49. The molecule has 6 nitrogen and oxygen atoms in total. The molecule has 0 radical (unpaired) electrons. The van der Waals surface area contributed by atoms with Gasteiger partial charge in [0.25, 0.3) is 0 Å². The van der Waals surface area contributed by atoms with Crippen LogP contribution in [0.15, 0.2) is 85.1 Å². The highest BCUT2D eigenvalue weighted by Crippen LogP contribution is 2.13. The summed E-state index contributed by atoms with van der Waals surface area (Å²) in [5.41, 5.74) is 0. The Balaban J connectivity index is 4.41. The van der Waals surface area contributed by atoms with Gasteiger partial charge in [0, 0.05) is 12.8 Å². The standard InChI is InChI=1S/C54H90O6/c1-4-7-10-13-16-19-21-23-25-26-27-28-30-31-33-35-38-41-44-47-53(56)59-50-51(49-58-52(55)46-43-40-37-18-15-12-9-6-3)60-54(57)48-45-42-39-36-34-32-29-24-22-20-17-14-11-8-5-2/h8,11,16-17,19-20,23-25,29,34,36,42,45,51H,4-7,9-10,12-15,18,21-22,26-28,30-33,35,37-41,43-44,46-50H2,1-3H3/b11-8-,19-16-,20-17-,25-23-,29-24-,36-34-,45-42-. The lowest BCUT2D eigenvalue weighted by Crippen LogP contribution is -2.30. The first-order valence-electron chi connectivity index (χ1n) is 24.6. The predicted molar refractivity (Wildman–Crippen MR) is 256 cm³/mol. The summed E-state index contributed by atoms with van der Waals surface area (Å²) in [5, 5.41) is 0. The SMILES string of the molecule is CC/C=C\C/C=C\C/C=C\C/C=C\C/C=C\CC(=O)OC(COC(=O)CCCCCCCCCC)COC(=O)CCCCCCCCCCC/C=C\C/C=C\CCCCC. The van der Waals surface area contributed by atoms with Gasteiger partial charge >= 0.3 is 17.9 Å². The van der Waals surface area contributed by atoms with Gasteiger partial charge in [-0.15, -0.1) is 0 Å². The summed E-state index contributed by atoms with van der Waals surface area (Å²) in [7, 11) is 0. The molecule has 0 fully saturated rings. The Hall–Kier alpha value is -3.41. The molecule has 0 spiro atoms. The summed E-state index contributed by atoms with van der Waals surface area (Å²) >= 11 is 0. The van der Waals surface area contributed by atoms with E-state index < -0.39 is 12.1 Å². The number of rotatable bonds is 43. The smallest absolute Gasteiger partial charge is 0.310 e. The van der Waals surface area contributed by atoms with Crippen molar-refractivity contribution in [1.82, 2.24) is 0 Å². The third kappa shape index (κ3) is 45.7. The number of hydrogen-bond donors (Lipinski definition) is 0. The molecule has 0 aliphatic heterocycles. The van der Waals surface area contributed by atoms with E-state index in [9.17, 15) is 14.4 Å². The van der Waals surface area contributed by atoms with E-state index in [1.165, 1.54) is 103 Å². The minimum Gasteiger partial charge on any atom is -0.462 e. The molecule has 0 aromatic rings. The maximum Gasteiger partial charge on any atom is 0.310 e. The van der Waals surface area contributed by atoms with E-state index in [2.05, 4.69) is 93.7 Å². The van der Waals surface area contributed by atoms with Crippen molar-refractivity contribution in [2.75, 3.05) is 13.2 Å². The Morgan fingerprint density at radius 3 is 1.13 bits per heavy atom. The van der Waals surface area contributed by atoms with Gasteiger partial charge in [-0.2, -0.15) is 0 Å². The van der Waals surface area contributed by atoms with Crippen molar-refractivity contribution >= 4 is 17.9 Å². The van der Waals surface area contributed by atoms with Gasteiger partial charge in [-0.25, -0.2) is 0 Å². The number of esters is 3. The molecule has 0 amide bonds. The van der Waals surface area contributed by atoms with Crippen LogP contribution in [-0.4, -0.2) is 37.2 Å². The van der Waals surface area contributed by atoms with Gasteiger partial charge in [-0.1, -0.05) is 209 Å². The Kier molecular flexibility index (Phi) is 45.5. The predicted octanol–water partition coefficient (Wildman–Crippen LogP) is 16.0. The third-order valence-electron chi connectivity index (χ3n) is 10.2. The molecule has 1 unspecified atom stereocenters. The van der Waals surface area contributed by atoms with E-state index >= 15 is 0 Å². The molecule has 0 N–H and O–H groups in total. The minimum atomic E-state index is -0.829. The van der Waals surface area contributed by atoms with Crippen LogP contribution < -0.4 is 0 Å². The summed E-state index contributed by atoms with van der Waals surface area (Å²) in [4.78, 5) is 37.7. The van der Waals surface area contributed by atoms with Gasteiger partial charge in [0.15, 0.2) is 6.10 Å². The molecule has 0 aliphatic carbocycles. The molecule has 60 heavy (non-hydrogen) atoms. The van der Waals surface area contributed by atoms with Crippen LogP contribution in [0, 0.1) is 0 Å². The van der Waals surface area contributed by atoms with E-state index in [4.69, 9.17) is 14.2 Å². The third-order valence-corrected chi connectivity index (χ3v) is 10.2. The van der Waals surface area contributed by atoms with Crippen LogP contribution in [-0.2, 0) is 28.6 Å². The fraction of sp³-hybridized carbons (Fsp3) is 0.685. The molecule has 1 atom stereocenters. The van der Waals surface area contributed by atoms with E-state index in [0.717, 1.165) is 77.0 Å². The first-order chi connectivity index (χ1) is 29.5. The zero-order chi connectivity index (χ0) is 43.7. The Labute approximate surface area is 369 Å². The van der Waals surface area contributed by atoms with Crippen molar-refractivity contribution in [2.45, 2.75) is 226 Å². The van der Waals surface area contributed by atoms with Crippen molar-refractivity contribution in [1.29, 1.82) is 0 Å². The lowest BCUT2D eigenvalue weighted by molar-refractivity contribution is -0.166. The lowest BCUT2D eigenvalue weighted by atomic mass is 10.1. The van der Waals surface area contributed by atoms with Crippen molar-refractivity contribution in [3.05, 3.63) is 85.1 Å². The first-order valence-corrected chi connectivity index (χ1v) is 24.6. The minimum absolute atomic E-state index is 0.0961. The van der Waals surface area contributed by atoms with Gasteiger partial charge in [-0.05, 0) is 77.0 Å². The van der Waals surface area contributed by atoms with Gasteiger partial charge in [0.05, 0.1) is 6.42 Å². The van der Waals surface area contributed by atoms with Gasteiger partial charge in [0.1, 0.15) is 13.2 Å². The molecule has 0 saturated heterocycles. The number of hydrogen-bond acceptors (Lipinski definition) is 6. The van der Waals surface area contributed by atoms with Crippen molar-refractivity contribution in [2.24, 2.45) is 0 Å². The number of carbonyl (C=O) groups excluding carboxylic acids is 3. The monoisotopic (exact) mass is 835 g/mol. The number of ether oxygens (including phenoxy) is 3. The molecule has 342 valence electrons. The number of allylic oxidation sites excluding steroid dienone is 13. The zero-order valence-electron chi connectivity index (χ0n) is 38.9. The maximum absolute atomic E-state index is 12.7. The molecule has 0 aromatic carbocycles. The molecular formula is C54H90O6.